The smallest absolute Gasteiger partial charge is 0.411 e. The van der Waals surface area contributed by atoms with Gasteiger partial charge in [0.25, 0.3) is 0 Å². The van der Waals surface area contributed by atoms with Crippen LogP contribution >= 0.6 is 0 Å². The van der Waals surface area contributed by atoms with Gasteiger partial charge < -0.3 is 9.84 Å². The number of anilines is 1. The van der Waals surface area contributed by atoms with Crippen molar-refractivity contribution in [2.45, 2.75) is 4.90 Å². The Bertz CT molecular complexity index is 650. The van der Waals surface area contributed by atoms with Crippen LogP contribution in [0.2, 0.25) is 0 Å². The average molecular weight is 299 g/mol. The maximum absolute atomic E-state index is 11.5. The van der Waals surface area contributed by atoms with Gasteiger partial charge in [0.15, 0.2) is 9.84 Å². The Morgan fingerprint density at radius 3 is 2.55 bits per heavy atom. The summed E-state index contributed by atoms with van der Waals surface area (Å²) in [6.45, 7) is 3.34. The minimum Gasteiger partial charge on any atom is -0.478 e. The molecule has 0 radical (unpaired) electrons. The molecule has 1 aromatic rings. The summed E-state index contributed by atoms with van der Waals surface area (Å²) < 4.78 is 27.6. The quantitative estimate of drug-likeness (QED) is 0.798. The molecule has 0 heterocycles. The zero-order chi connectivity index (χ0) is 15.3. The number of carbonyl (C=O) groups excluding carboxylic acids is 1. The number of hydrogen-bond acceptors (Lipinski definition) is 5. The van der Waals surface area contributed by atoms with Crippen LogP contribution in [0.5, 0.6) is 0 Å². The van der Waals surface area contributed by atoms with E-state index in [4.69, 9.17) is 5.11 Å². The topological polar surface area (TPSA) is 110 Å². The second-order valence-corrected chi connectivity index (χ2v) is 5.85. The molecule has 0 saturated carbocycles. The molecular formula is C12H13NO6S. The molecule has 0 aliphatic rings. The summed E-state index contributed by atoms with van der Waals surface area (Å²) in [6, 6.07) is 3.29. The van der Waals surface area contributed by atoms with Crippen LogP contribution in [0, 0.1) is 0 Å². The fourth-order valence-corrected chi connectivity index (χ4v) is 1.98. The second-order valence-electron chi connectivity index (χ2n) is 3.84. The number of carboxylic acid groups (broad SMARTS) is 1. The number of hydrogen-bond donors (Lipinski definition) is 2. The van der Waals surface area contributed by atoms with Crippen LogP contribution in [0.3, 0.4) is 0 Å². The van der Waals surface area contributed by atoms with E-state index in [2.05, 4.69) is 16.6 Å². The number of carboxylic acids is 1. The van der Waals surface area contributed by atoms with E-state index in [0.717, 1.165) is 24.5 Å². The molecule has 0 aliphatic carbocycles. The number of rotatable bonds is 5. The Labute approximate surface area is 115 Å². The van der Waals surface area contributed by atoms with Crippen molar-refractivity contribution in [3.63, 3.8) is 0 Å². The summed E-state index contributed by atoms with van der Waals surface area (Å²) in [5, 5.41) is 11.2. The Hall–Kier alpha value is -2.35. The molecule has 8 heteroatoms. The highest BCUT2D eigenvalue weighted by Crippen LogP contribution is 2.19. The molecule has 0 aromatic heterocycles. The number of ether oxygens (including phenoxy) is 1. The van der Waals surface area contributed by atoms with Crippen LogP contribution in [-0.2, 0) is 14.6 Å². The molecule has 108 valence electrons. The molecule has 2 N–H and O–H groups in total. The summed E-state index contributed by atoms with van der Waals surface area (Å²) in [5.41, 5.74) is -0.244. The number of benzene rings is 1. The van der Waals surface area contributed by atoms with Crippen molar-refractivity contribution in [1.82, 2.24) is 0 Å². The Kier molecular flexibility index (Phi) is 4.87. The van der Waals surface area contributed by atoms with Crippen molar-refractivity contribution in [2.24, 2.45) is 0 Å². The van der Waals surface area contributed by atoms with Gasteiger partial charge in [-0.15, -0.1) is 0 Å². The first-order chi connectivity index (χ1) is 9.24. The molecular weight excluding hydrogens is 286 g/mol. The van der Waals surface area contributed by atoms with E-state index in [9.17, 15) is 18.0 Å². The summed E-state index contributed by atoms with van der Waals surface area (Å²) in [6.07, 6.45) is 1.45. The van der Waals surface area contributed by atoms with Gasteiger partial charge in [-0.25, -0.2) is 18.0 Å². The number of aromatic carboxylic acids is 1. The molecule has 1 amide bonds. The Morgan fingerprint density at radius 1 is 1.40 bits per heavy atom. The molecule has 7 nitrogen and oxygen atoms in total. The highest BCUT2D eigenvalue weighted by Gasteiger charge is 2.15. The first-order valence-electron chi connectivity index (χ1n) is 5.37. The monoisotopic (exact) mass is 299 g/mol. The van der Waals surface area contributed by atoms with Crippen molar-refractivity contribution in [3.8, 4) is 0 Å². The largest absolute Gasteiger partial charge is 0.478 e. The predicted molar refractivity (Wildman–Crippen MR) is 71.7 cm³/mol. The summed E-state index contributed by atoms with van der Waals surface area (Å²) >= 11 is 0. The minimum atomic E-state index is -3.61. The van der Waals surface area contributed by atoms with Crippen molar-refractivity contribution >= 4 is 27.6 Å². The Balaban J connectivity index is 3.13. The summed E-state index contributed by atoms with van der Waals surface area (Å²) in [5.74, 6) is -1.31. The van der Waals surface area contributed by atoms with E-state index in [0.29, 0.717) is 0 Å². The molecule has 1 rings (SSSR count). The van der Waals surface area contributed by atoms with E-state index in [1.165, 1.54) is 6.08 Å². The van der Waals surface area contributed by atoms with Crippen molar-refractivity contribution in [3.05, 3.63) is 36.4 Å². The molecule has 0 atom stereocenters. The van der Waals surface area contributed by atoms with E-state index < -0.39 is 21.9 Å². The van der Waals surface area contributed by atoms with Gasteiger partial charge in [0, 0.05) is 11.9 Å². The van der Waals surface area contributed by atoms with Gasteiger partial charge >= 0.3 is 12.1 Å². The highest BCUT2D eigenvalue weighted by molar-refractivity contribution is 7.90. The number of nitrogens with one attached hydrogen (secondary N) is 1. The van der Waals surface area contributed by atoms with Crippen LogP contribution in [0.4, 0.5) is 10.5 Å². The lowest BCUT2D eigenvalue weighted by atomic mass is 10.2. The molecule has 0 spiro atoms. The van der Waals surface area contributed by atoms with Gasteiger partial charge in [0.1, 0.15) is 6.61 Å². The van der Waals surface area contributed by atoms with Crippen molar-refractivity contribution < 1.29 is 27.9 Å². The number of sulfone groups is 1. The van der Waals surface area contributed by atoms with Gasteiger partial charge in [0.2, 0.25) is 0 Å². The van der Waals surface area contributed by atoms with Crippen LogP contribution in [0.25, 0.3) is 0 Å². The fraction of sp³-hybridized carbons (Fsp3) is 0.167. The lowest BCUT2D eigenvalue weighted by Gasteiger charge is -2.08. The lowest BCUT2D eigenvalue weighted by Crippen LogP contribution is -2.14. The zero-order valence-corrected chi connectivity index (χ0v) is 11.4. The van der Waals surface area contributed by atoms with E-state index >= 15 is 0 Å². The SMILES string of the molecule is C=CCOC(=O)Nc1cc(C(=O)O)cc(S(C)(=O)=O)c1. The van der Waals surface area contributed by atoms with E-state index in [1.807, 2.05) is 0 Å². The zero-order valence-electron chi connectivity index (χ0n) is 10.6. The van der Waals surface area contributed by atoms with E-state index in [1.54, 1.807) is 0 Å². The second kappa shape index (κ2) is 6.20. The first kappa shape index (κ1) is 15.7. The fourth-order valence-electron chi connectivity index (χ4n) is 1.30. The third-order valence-corrected chi connectivity index (χ3v) is 3.25. The third-order valence-electron chi connectivity index (χ3n) is 2.16. The molecule has 20 heavy (non-hydrogen) atoms. The maximum Gasteiger partial charge on any atom is 0.411 e. The maximum atomic E-state index is 11.5. The highest BCUT2D eigenvalue weighted by atomic mass is 32.2. The minimum absolute atomic E-state index is 0.0133. The first-order valence-corrected chi connectivity index (χ1v) is 7.26. The van der Waals surface area contributed by atoms with Gasteiger partial charge in [-0.2, -0.15) is 0 Å². The van der Waals surface area contributed by atoms with Crippen LogP contribution in [0.15, 0.2) is 35.7 Å². The van der Waals surface area contributed by atoms with E-state index in [-0.39, 0.29) is 22.8 Å². The van der Waals surface area contributed by atoms with Crippen molar-refractivity contribution in [1.29, 1.82) is 0 Å². The molecule has 0 bridgehead atoms. The molecule has 0 saturated heterocycles. The molecule has 1 aromatic carbocycles. The van der Waals surface area contributed by atoms with Crippen LogP contribution < -0.4 is 5.32 Å². The molecule has 0 unspecified atom stereocenters. The van der Waals surface area contributed by atoms with Gasteiger partial charge in [-0.3, -0.25) is 5.32 Å². The number of amides is 1. The number of carbonyl (C=O) groups is 2. The van der Waals surface area contributed by atoms with Crippen LogP contribution in [0.1, 0.15) is 10.4 Å². The standard InChI is InChI=1S/C12H13NO6S/c1-3-4-19-12(16)13-9-5-8(11(14)15)6-10(7-9)20(2,17)18/h3,5-7H,1,4H2,2H3,(H,13,16)(H,14,15). The van der Waals surface area contributed by atoms with Gasteiger partial charge in [-0.1, -0.05) is 12.7 Å². The van der Waals surface area contributed by atoms with Gasteiger partial charge in [-0.05, 0) is 18.2 Å². The average Bonchev–Trinajstić information content (AvgIpc) is 2.34. The normalized spacial score (nSPS) is 10.7. The molecule has 0 aliphatic heterocycles. The predicted octanol–water partition coefficient (Wildman–Crippen LogP) is 1.52. The third kappa shape index (κ3) is 4.39. The summed E-state index contributed by atoms with van der Waals surface area (Å²) in [4.78, 5) is 22.1. The lowest BCUT2D eigenvalue weighted by molar-refractivity contribution is 0.0696. The van der Waals surface area contributed by atoms with Crippen LogP contribution in [-0.4, -0.2) is 38.4 Å². The van der Waals surface area contributed by atoms with Gasteiger partial charge in [0.05, 0.1) is 10.5 Å². The Morgan fingerprint density at radius 2 is 2.05 bits per heavy atom. The summed E-state index contributed by atoms with van der Waals surface area (Å²) in [7, 11) is -3.61. The van der Waals surface area contributed by atoms with Crippen molar-refractivity contribution in [2.75, 3.05) is 18.2 Å². The molecule has 0 fully saturated rings.